The molecule has 0 amide bonds. The van der Waals surface area contributed by atoms with Gasteiger partial charge in [0.2, 0.25) is 0 Å². The Kier molecular flexibility index (Phi) is 5.22. The van der Waals surface area contributed by atoms with Gasteiger partial charge in [-0.2, -0.15) is 0 Å². The summed E-state index contributed by atoms with van der Waals surface area (Å²) in [4.78, 5) is 0. The normalized spacial score (nSPS) is 26.8. The monoisotopic (exact) mass is 248 g/mol. The molecule has 2 aliphatic heterocycles. The number of rotatable bonds is 4. The van der Waals surface area contributed by atoms with Crippen LogP contribution in [0.2, 0.25) is 0 Å². The van der Waals surface area contributed by atoms with Crippen LogP contribution in [-0.2, 0) is 25.0 Å². The number of hydrogen-bond acceptors (Lipinski definition) is 4. The third-order valence-corrected chi connectivity index (χ3v) is 4.84. The first-order chi connectivity index (χ1) is 7.86. The van der Waals surface area contributed by atoms with Gasteiger partial charge in [-0.3, -0.25) is 4.21 Å². The van der Waals surface area contributed by atoms with E-state index in [9.17, 15) is 4.21 Å². The van der Waals surface area contributed by atoms with Crippen molar-refractivity contribution < 1.29 is 18.4 Å². The average Bonchev–Trinajstić information content (AvgIpc) is 2.38. The van der Waals surface area contributed by atoms with E-state index in [4.69, 9.17) is 14.2 Å². The van der Waals surface area contributed by atoms with E-state index in [1.807, 2.05) is 0 Å². The highest BCUT2D eigenvalue weighted by Crippen LogP contribution is 2.16. The summed E-state index contributed by atoms with van der Waals surface area (Å²) in [6.45, 7) is 3.06. The van der Waals surface area contributed by atoms with Crippen LogP contribution in [0, 0.1) is 0 Å². The van der Waals surface area contributed by atoms with Gasteiger partial charge in [0.1, 0.15) is 0 Å². The molecule has 0 radical (unpaired) electrons. The quantitative estimate of drug-likeness (QED) is 0.746. The summed E-state index contributed by atoms with van der Waals surface area (Å²) in [6, 6.07) is 0. The van der Waals surface area contributed by atoms with Gasteiger partial charge in [-0.05, 0) is 19.3 Å². The van der Waals surface area contributed by atoms with Gasteiger partial charge in [0, 0.05) is 41.4 Å². The predicted molar refractivity (Wildman–Crippen MR) is 61.8 cm³/mol. The maximum atomic E-state index is 12.0. The zero-order chi connectivity index (χ0) is 11.2. The van der Waals surface area contributed by atoms with E-state index in [0.717, 1.165) is 52.1 Å². The summed E-state index contributed by atoms with van der Waals surface area (Å²) in [7, 11) is -0.748. The van der Waals surface area contributed by atoms with Crippen molar-refractivity contribution in [1.82, 2.24) is 0 Å². The minimum Gasteiger partial charge on any atom is -0.381 e. The predicted octanol–water partition coefficient (Wildman–Crippen LogP) is 1.07. The fraction of sp³-hybridized carbons (Fsp3) is 1.00. The molecule has 2 saturated heterocycles. The second-order valence-corrected chi connectivity index (χ2v) is 6.05. The maximum Gasteiger partial charge on any atom is 0.158 e. The van der Waals surface area contributed by atoms with Crippen LogP contribution in [0.15, 0.2) is 0 Å². The van der Waals surface area contributed by atoms with Crippen molar-refractivity contribution >= 4 is 10.8 Å². The van der Waals surface area contributed by atoms with Gasteiger partial charge in [-0.15, -0.1) is 0 Å². The van der Waals surface area contributed by atoms with Crippen LogP contribution in [0.3, 0.4) is 0 Å². The molecule has 0 aromatic carbocycles. The molecule has 0 spiro atoms. The minimum atomic E-state index is -0.748. The summed E-state index contributed by atoms with van der Waals surface area (Å²) in [6.07, 6.45) is 3.46. The molecule has 0 aliphatic carbocycles. The summed E-state index contributed by atoms with van der Waals surface area (Å²) in [5.41, 5.74) is 0. The molecule has 0 saturated carbocycles. The Morgan fingerprint density at radius 3 is 2.44 bits per heavy atom. The Morgan fingerprint density at radius 1 is 1.06 bits per heavy atom. The molecule has 0 bridgehead atoms. The van der Waals surface area contributed by atoms with Gasteiger partial charge < -0.3 is 14.2 Å². The molecule has 0 aromatic heterocycles. The Morgan fingerprint density at radius 2 is 1.75 bits per heavy atom. The van der Waals surface area contributed by atoms with E-state index >= 15 is 0 Å². The molecule has 1 unspecified atom stereocenters. The first-order valence-corrected chi connectivity index (χ1v) is 7.42. The topological polar surface area (TPSA) is 44.8 Å². The van der Waals surface area contributed by atoms with Crippen molar-refractivity contribution in [1.29, 1.82) is 0 Å². The fourth-order valence-electron chi connectivity index (χ4n) is 2.02. The lowest BCUT2D eigenvalue weighted by atomic mass is 10.2. The smallest absolute Gasteiger partial charge is 0.158 e. The summed E-state index contributed by atoms with van der Waals surface area (Å²) in [5.74, 6) is 0.690. The van der Waals surface area contributed by atoms with Crippen LogP contribution in [-0.4, -0.2) is 47.9 Å². The first kappa shape index (κ1) is 12.5. The van der Waals surface area contributed by atoms with Gasteiger partial charge >= 0.3 is 0 Å². The van der Waals surface area contributed by atoms with Crippen LogP contribution in [0.5, 0.6) is 0 Å². The SMILES string of the molecule is O=S(CCC1OCCCO1)C1CCOCC1. The lowest BCUT2D eigenvalue weighted by Gasteiger charge is -2.25. The van der Waals surface area contributed by atoms with E-state index in [2.05, 4.69) is 0 Å². The van der Waals surface area contributed by atoms with Crippen LogP contribution < -0.4 is 0 Å². The number of hydrogen-bond donors (Lipinski definition) is 0. The maximum absolute atomic E-state index is 12.0. The summed E-state index contributed by atoms with van der Waals surface area (Å²) >= 11 is 0. The minimum absolute atomic E-state index is 0.127. The highest BCUT2D eigenvalue weighted by molar-refractivity contribution is 7.85. The second-order valence-electron chi connectivity index (χ2n) is 4.21. The van der Waals surface area contributed by atoms with Crippen molar-refractivity contribution in [2.45, 2.75) is 37.2 Å². The van der Waals surface area contributed by atoms with E-state index < -0.39 is 10.8 Å². The molecule has 0 N–H and O–H groups in total. The summed E-state index contributed by atoms with van der Waals surface area (Å²) in [5, 5.41) is 0.317. The Hall–Kier alpha value is 0.0300. The lowest BCUT2D eigenvalue weighted by molar-refractivity contribution is -0.178. The zero-order valence-electron chi connectivity index (χ0n) is 9.56. The van der Waals surface area contributed by atoms with E-state index in [1.54, 1.807) is 0 Å². The highest BCUT2D eigenvalue weighted by atomic mass is 32.2. The van der Waals surface area contributed by atoms with Crippen LogP contribution >= 0.6 is 0 Å². The molecule has 2 rings (SSSR count). The van der Waals surface area contributed by atoms with Crippen LogP contribution in [0.25, 0.3) is 0 Å². The zero-order valence-corrected chi connectivity index (χ0v) is 10.4. The molecular weight excluding hydrogens is 228 g/mol. The second kappa shape index (κ2) is 6.69. The van der Waals surface area contributed by atoms with Crippen LogP contribution in [0.4, 0.5) is 0 Å². The molecule has 0 aromatic rings. The molecule has 2 heterocycles. The molecule has 2 fully saturated rings. The highest BCUT2D eigenvalue weighted by Gasteiger charge is 2.22. The molecular formula is C11H20O4S. The van der Waals surface area contributed by atoms with Crippen molar-refractivity contribution in [3.63, 3.8) is 0 Å². The lowest BCUT2D eigenvalue weighted by Crippen LogP contribution is -2.30. The fourth-order valence-corrected chi connectivity index (χ4v) is 3.50. The molecule has 16 heavy (non-hydrogen) atoms. The Labute approximate surface area is 99.1 Å². The van der Waals surface area contributed by atoms with Crippen molar-refractivity contribution in [3.05, 3.63) is 0 Å². The molecule has 1 atom stereocenters. The van der Waals surface area contributed by atoms with Gasteiger partial charge in [0.05, 0.1) is 13.2 Å². The van der Waals surface area contributed by atoms with Gasteiger partial charge in [-0.25, -0.2) is 0 Å². The first-order valence-electron chi connectivity index (χ1n) is 6.04. The third kappa shape index (κ3) is 3.80. The summed E-state index contributed by atoms with van der Waals surface area (Å²) < 4.78 is 28.1. The van der Waals surface area contributed by atoms with Crippen molar-refractivity contribution in [3.8, 4) is 0 Å². The Balaban J connectivity index is 1.65. The molecule has 94 valence electrons. The molecule has 4 nitrogen and oxygen atoms in total. The van der Waals surface area contributed by atoms with Crippen molar-refractivity contribution in [2.75, 3.05) is 32.2 Å². The Bertz CT molecular complexity index is 222. The van der Waals surface area contributed by atoms with Crippen molar-refractivity contribution in [2.24, 2.45) is 0 Å². The van der Waals surface area contributed by atoms with Crippen LogP contribution in [0.1, 0.15) is 25.7 Å². The third-order valence-electron chi connectivity index (χ3n) is 2.99. The molecule has 5 heteroatoms. The standard InChI is InChI=1S/C11H20O4S/c12-16(10-2-7-13-8-3-10)9-4-11-14-5-1-6-15-11/h10-11H,1-9H2. The van der Waals surface area contributed by atoms with E-state index in [0.29, 0.717) is 11.0 Å². The van der Waals surface area contributed by atoms with Gasteiger partial charge in [0.15, 0.2) is 6.29 Å². The van der Waals surface area contributed by atoms with E-state index in [1.165, 1.54) is 0 Å². The number of ether oxygens (including phenoxy) is 3. The van der Waals surface area contributed by atoms with E-state index in [-0.39, 0.29) is 6.29 Å². The average molecular weight is 248 g/mol. The van der Waals surface area contributed by atoms with Gasteiger partial charge in [0.25, 0.3) is 0 Å². The molecule has 2 aliphatic rings. The largest absolute Gasteiger partial charge is 0.381 e. The van der Waals surface area contributed by atoms with Gasteiger partial charge in [-0.1, -0.05) is 0 Å².